The van der Waals surface area contributed by atoms with E-state index in [4.69, 9.17) is 12.2 Å². The fourth-order valence-electron chi connectivity index (χ4n) is 4.03. The van der Waals surface area contributed by atoms with Gasteiger partial charge in [0.25, 0.3) is 0 Å². The number of likely N-dealkylation sites (tertiary alicyclic amines) is 1. The second-order valence-corrected chi connectivity index (χ2v) is 9.76. The highest BCUT2D eigenvalue weighted by Crippen LogP contribution is 2.17. The van der Waals surface area contributed by atoms with Gasteiger partial charge < -0.3 is 15.1 Å². The molecule has 0 bridgehead atoms. The molecule has 0 atom stereocenters. The molecule has 0 unspecified atom stereocenters. The lowest BCUT2D eigenvalue weighted by Gasteiger charge is -2.29. The average Bonchev–Trinajstić information content (AvgIpc) is 3.15. The Balaban J connectivity index is 1.58. The molecule has 1 aromatic carbocycles. The maximum atomic E-state index is 5.82. The van der Waals surface area contributed by atoms with Crippen LogP contribution in [0.2, 0.25) is 0 Å². The molecule has 2 aromatic rings. The largest absolute Gasteiger partial charge is 0.344 e. The molecule has 1 aliphatic heterocycles. The van der Waals surface area contributed by atoms with E-state index in [-0.39, 0.29) is 0 Å². The molecule has 1 fully saturated rings. The van der Waals surface area contributed by atoms with E-state index >= 15 is 0 Å². The van der Waals surface area contributed by atoms with E-state index in [1.165, 1.54) is 54.9 Å². The van der Waals surface area contributed by atoms with Crippen molar-refractivity contribution < 1.29 is 4.90 Å². The first-order chi connectivity index (χ1) is 13.5. The summed E-state index contributed by atoms with van der Waals surface area (Å²) < 4.78 is 0. The van der Waals surface area contributed by atoms with E-state index in [1.54, 1.807) is 4.90 Å². The van der Waals surface area contributed by atoms with E-state index in [0.717, 1.165) is 29.8 Å². The van der Waals surface area contributed by atoms with Crippen LogP contribution in [-0.2, 0) is 6.54 Å². The fraction of sp³-hybridized carbons (Fsp3) is 0.522. The maximum absolute atomic E-state index is 5.82. The Morgan fingerprint density at radius 1 is 1.21 bits per heavy atom. The van der Waals surface area contributed by atoms with Gasteiger partial charge in [0.05, 0.1) is 26.2 Å². The summed E-state index contributed by atoms with van der Waals surface area (Å²) in [5.41, 5.74) is 3.62. The summed E-state index contributed by atoms with van der Waals surface area (Å²) >= 11 is 7.62. The Morgan fingerprint density at radius 3 is 2.57 bits per heavy atom. The maximum Gasteiger partial charge on any atom is 0.173 e. The number of thiophene rings is 1. The molecule has 1 aliphatic rings. The molecule has 0 aliphatic carbocycles. The topological polar surface area (TPSA) is 19.7 Å². The number of rotatable bonds is 7. The summed E-state index contributed by atoms with van der Waals surface area (Å²) in [4.78, 5) is 5.47. The number of piperidine rings is 1. The van der Waals surface area contributed by atoms with Crippen LogP contribution in [0.4, 0.5) is 5.69 Å². The summed E-state index contributed by atoms with van der Waals surface area (Å²) in [6.45, 7) is 12.5. The normalized spacial score (nSPS) is 19.4. The predicted molar refractivity (Wildman–Crippen MR) is 125 cm³/mol. The van der Waals surface area contributed by atoms with Crippen molar-refractivity contribution in [3.05, 3.63) is 51.7 Å². The number of anilines is 1. The van der Waals surface area contributed by atoms with Crippen molar-refractivity contribution in [1.29, 1.82) is 0 Å². The highest BCUT2D eigenvalue weighted by molar-refractivity contribution is 7.80. The first kappa shape index (κ1) is 21.3. The SMILES string of the molecule is Cc1cc(C)cc(NC(=S)N(CCC[NH+]2CCC(C)CC2)Cc2cccs2)c1. The van der Waals surface area contributed by atoms with E-state index < -0.39 is 0 Å². The van der Waals surface area contributed by atoms with Crippen molar-refractivity contribution in [1.82, 2.24) is 4.90 Å². The third-order valence-corrected chi connectivity index (χ3v) is 6.85. The molecule has 2 heterocycles. The number of nitrogens with zero attached hydrogens (tertiary/aromatic N) is 1. The third kappa shape index (κ3) is 6.57. The molecular weight excluding hydrogens is 382 g/mol. The van der Waals surface area contributed by atoms with Gasteiger partial charge in [-0.25, -0.2) is 0 Å². The summed E-state index contributed by atoms with van der Waals surface area (Å²) in [6.07, 6.45) is 3.94. The van der Waals surface area contributed by atoms with Crippen molar-refractivity contribution in [2.45, 2.75) is 46.6 Å². The molecule has 5 heteroatoms. The molecule has 2 N–H and O–H groups in total. The minimum Gasteiger partial charge on any atom is -0.344 e. The van der Waals surface area contributed by atoms with Crippen LogP contribution >= 0.6 is 23.6 Å². The van der Waals surface area contributed by atoms with E-state index in [1.807, 2.05) is 11.3 Å². The molecule has 28 heavy (non-hydrogen) atoms. The molecule has 1 aromatic heterocycles. The highest BCUT2D eigenvalue weighted by Gasteiger charge is 2.19. The van der Waals surface area contributed by atoms with E-state index in [9.17, 15) is 0 Å². The van der Waals surface area contributed by atoms with Crippen LogP contribution in [0.5, 0.6) is 0 Å². The van der Waals surface area contributed by atoms with E-state index in [2.05, 4.69) is 66.7 Å². The van der Waals surface area contributed by atoms with Gasteiger partial charge in [0.1, 0.15) is 0 Å². The molecule has 0 radical (unpaired) electrons. The first-order valence-electron chi connectivity index (χ1n) is 10.5. The molecule has 3 rings (SSSR count). The predicted octanol–water partition coefficient (Wildman–Crippen LogP) is 4.27. The van der Waals surface area contributed by atoms with Gasteiger partial charge in [0, 0.05) is 23.5 Å². The van der Waals surface area contributed by atoms with Crippen LogP contribution in [0, 0.1) is 19.8 Å². The Kier molecular flexibility index (Phi) is 7.89. The molecule has 0 amide bonds. The summed E-state index contributed by atoms with van der Waals surface area (Å²) in [6, 6.07) is 10.9. The van der Waals surface area contributed by atoms with Crippen LogP contribution in [0.1, 0.15) is 42.2 Å². The Morgan fingerprint density at radius 2 is 1.93 bits per heavy atom. The highest BCUT2D eigenvalue weighted by atomic mass is 32.1. The van der Waals surface area contributed by atoms with Crippen LogP contribution in [0.15, 0.2) is 35.7 Å². The lowest BCUT2D eigenvalue weighted by Crippen LogP contribution is -3.13. The van der Waals surface area contributed by atoms with Crippen LogP contribution in [0.25, 0.3) is 0 Å². The van der Waals surface area contributed by atoms with Crippen molar-refractivity contribution in [2.75, 3.05) is 31.5 Å². The number of aryl methyl sites for hydroxylation is 2. The van der Waals surface area contributed by atoms with Gasteiger partial charge in [0.15, 0.2) is 5.11 Å². The third-order valence-electron chi connectivity index (χ3n) is 5.63. The quantitative estimate of drug-likeness (QED) is 0.658. The van der Waals surface area contributed by atoms with Gasteiger partial charge in [-0.3, -0.25) is 0 Å². The van der Waals surface area contributed by atoms with Crippen LogP contribution in [0.3, 0.4) is 0 Å². The van der Waals surface area contributed by atoms with Crippen molar-refractivity contribution in [2.24, 2.45) is 5.92 Å². The fourth-order valence-corrected chi connectivity index (χ4v) is 5.03. The van der Waals surface area contributed by atoms with Gasteiger partial charge in [-0.05, 0) is 79.5 Å². The van der Waals surface area contributed by atoms with Gasteiger partial charge >= 0.3 is 0 Å². The lowest BCUT2D eigenvalue weighted by molar-refractivity contribution is -0.906. The van der Waals surface area contributed by atoms with Gasteiger partial charge in [-0.1, -0.05) is 19.1 Å². The molecule has 3 nitrogen and oxygen atoms in total. The molecule has 0 saturated carbocycles. The first-order valence-corrected chi connectivity index (χ1v) is 11.8. The Bertz CT molecular complexity index is 729. The van der Waals surface area contributed by atoms with Crippen molar-refractivity contribution in [3.8, 4) is 0 Å². The Hall–Kier alpha value is -1.43. The minimum absolute atomic E-state index is 0.834. The second-order valence-electron chi connectivity index (χ2n) is 8.34. The Labute approximate surface area is 179 Å². The van der Waals surface area contributed by atoms with Gasteiger partial charge in [0.2, 0.25) is 0 Å². The molecule has 1 saturated heterocycles. The lowest BCUT2D eigenvalue weighted by atomic mass is 9.99. The number of benzene rings is 1. The monoisotopic (exact) mass is 416 g/mol. The molecule has 0 spiro atoms. The average molecular weight is 417 g/mol. The van der Waals surface area contributed by atoms with Crippen molar-refractivity contribution >= 4 is 34.4 Å². The standard InChI is InChI=1S/C23H33N3S2/c1-18-7-11-25(12-8-18)9-5-10-26(17-22-6-4-13-28-22)23(27)24-21-15-19(2)14-20(3)16-21/h4,6,13-16,18H,5,7-12,17H2,1-3H3,(H,24,27)/p+1. The van der Waals surface area contributed by atoms with Gasteiger partial charge in [-0.15, -0.1) is 11.3 Å². The van der Waals surface area contributed by atoms with Crippen molar-refractivity contribution in [3.63, 3.8) is 0 Å². The molecule has 152 valence electrons. The second kappa shape index (κ2) is 10.4. The van der Waals surface area contributed by atoms with Crippen LogP contribution < -0.4 is 10.2 Å². The molecular formula is C23H34N3S2+. The number of hydrogen-bond acceptors (Lipinski definition) is 2. The number of nitrogens with one attached hydrogen (secondary N) is 2. The minimum atomic E-state index is 0.834. The number of hydrogen-bond donors (Lipinski definition) is 2. The zero-order chi connectivity index (χ0) is 19.9. The summed E-state index contributed by atoms with van der Waals surface area (Å²) in [7, 11) is 0. The van der Waals surface area contributed by atoms with Crippen LogP contribution in [-0.4, -0.2) is 36.2 Å². The zero-order valence-corrected chi connectivity index (χ0v) is 19.1. The zero-order valence-electron chi connectivity index (χ0n) is 17.5. The van der Waals surface area contributed by atoms with Gasteiger partial charge in [-0.2, -0.15) is 0 Å². The number of quaternary nitrogens is 1. The smallest absolute Gasteiger partial charge is 0.173 e. The summed E-state index contributed by atoms with van der Waals surface area (Å²) in [5.74, 6) is 0.911. The van der Waals surface area contributed by atoms with E-state index in [0.29, 0.717) is 0 Å². The summed E-state index contributed by atoms with van der Waals surface area (Å²) in [5, 5.41) is 6.47. The number of thiocarbonyl (C=S) groups is 1.